The van der Waals surface area contributed by atoms with Gasteiger partial charge >= 0.3 is 0 Å². The molecule has 0 bridgehead atoms. The van der Waals surface area contributed by atoms with Gasteiger partial charge in [-0.25, -0.2) is 0 Å². The highest BCUT2D eigenvalue weighted by Gasteiger charge is 2.30. The Bertz CT molecular complexity index is 1170. The monoisotopic (exact) mass is 576 g/mol. The van der Waals surface area contributed by atoms with E-state index in [1.54, 1.807) is 29.2 Å². The number of rotatable bonds is 10. The molecule has 0 heterocycles. The lowest BCUT2D eigenvalue weighted by molar-refractivity contribution is -0.142. The van der Waals surface area contributed by atoms with E-state index >= 15 is 0 Å². The minimum atomic E-state index is -0.741. The molecule has 0 aliphatic heterocycles. The van der Waals surface area contributed by atoms with Gasteiger partial charge in [-0.15, -0.1) is 0 Å². The van der Waals surface area contributed by atoms with Crippen LogP contribution in [0.2, 0.25) is 10.0 Å². The second-order valence-electron chi connectivity index (χ2n) is 8.07. The largest absolute Gasteiger partial charge is 0.484 e. The van der Waals surface area contributed by atoms with Crippen LogP contribution in [0.15, 0.2) is 71.2 Å². The molecule has 0 saturated carbocycles. The highest BCUT2D eigenvalue weighted by molar-refractivity contribution is 9.10. The lowest BCUT2D eigenvalue weighted by atomic mass is 10.0. The van der Waals surface area contributed by atoms with Crippen LogP contribution < -0.4 is 10.1 Å². The molecule has 8 heteroatoms. The summed E-state index contributed by atoms with van der Waals surface area (Å²) in [5.74, 6) is 0.0271. The van der Waals surface area contributed by atoms with Crippen LogP contribution in [0.5, 0.6) is 5.75 Å². The number of amides is 2. The van der Waals surface area contributed by atoms with Crippen LogP contribution >= 0.6 is 39.1 Å². The summed E-state index contributed by atoms with van der Waals surface area (Å²) in [7, 11) is 0. The molecule has 0 unspecified atom stereocenters. The average molecular weight is 578 g/mol. The molecule has 3 rings (SSSR count). The van der Waals surface area contributed by atoms with Crippen LogP contribution in [0.3, 0.4) is 0 Å². The zero-order valence-corrected chi connectivity index (χ0v) is 22.7. The van der Waals surface area contributed by atoms with Gasteiger partial charge in [0, 0.05) is 24.0 Å². The molecule has 35 heavy (non-hydrogen) atoms. The van der Waals surface area contributed by atoms with Crippen molar-refractivity contribution < 1.29 is 14.3 Å². The molecular formula is C27H27BrCl2N2O3. The zero-order chi connectivity index (χ0) is 25.4. The van der Waals surface area contributed by atoms with Crippen molar-refractivity contribution in [3.05, 3.63) is 97.9 Å². The maximum absolute atomic E-state index is 13.5. The summed E-state index contributed by atoms with van der Waals surface area (Å²) < 4.78 is 6.77. The fourth-order valence-corrected chi connectivity index (χ4v) is 4.18. The number of nitrogens with zero attached hydrogens (tertiary/aromatic N) is 1. The van der Waals surface area contributed by atoms with Crippen LogP contribution in [0.4, 0.5) is 0 Å². The van der Waals surface area contributed by atoms with Crippen molar-refractivity contribution in [2.75, 3.05) is 13.2 Å². The Kier molecular flexibility index (Phi) is 10.0. The van der Waals surface area contributed by atoms with Gasteiger partial charge in [-0.1, -0.05) is 75.5 Å². The predicted molar refractivity (Wildman–Crippen MR) is 144 cm³/mol. The molecule has 184 valence electrons. The maximum atomic E-state index is 13.5. The number of carbonyl (C=O) groups is 2. The Morgan fingerprint density at radius 2 is 1.74 bits per heavy atom. The Hall–Kier alpha value is -2.54. The summed E-state index contributed by atoms with van der Waals surface area (Å²) in [6, 6.07) is 19.6. The molecule has 0 spiro atoms. The third-order valence-electron chi connectivity index (χ3n) is 5.45. The molecule has 0 aliphatic carbocycles. The Morgan fingerprint density at radius 1 is 1.00 bits per heavy atom. The fraction of sp³-hybridized carbons (Fsp3) is 0.259. The van der Waals surface area contributed by atoms with Crippen molar-refractivity contribution in [2.45, 2.75) is 32.9 Å². The molecule has 3 aromatic carbocycles. The molecule has 3 aromatic rings. The number of ether oxygens (including phenoxy) is 1. The maximum Gasteiger partial charge on any atom is 0.261 e. The van der Waals surface area contributed by atoms with Crippen molar-refractivity contribution in [1.29, 1.82) is 0 Å². The van der Waals surface area contributed by atoms with Crippen LogP contribution in [-0.2, 0) is 22.6 Å². The minimum Gasteiger partial charge on any atom is -0.484 e. The Morgan fingerprint density at radius 3 is 2.40 bits per heavy atom. The van der Waals surface area contributed by atoms with Gasteiger partial charge < -0.3 is 15.0 Å². The standard InChI is InChI=1S/C27H27BrCl2N2O3/c1-3-31-27(34)25(15-19-7-5-4-6-8-19)32(16-20-9-12-23(29)24(30)14-20)26(33)17-35-21-10-11-22(28)18(2)13-21/h4-14,25H,3,15-17H2,1-2H3,(H,31,34)/t25-/m1/s1. The van der Waals surface area contributed by atoms with Gasteiger partial charge in [-0.05, 0) is 60.9 Å². The van der Waals surface area contributed by atoms with Crippen molar-refractivity contribution in [3.8, 4) is 5.75 Å². The molecule has 0 radical (unpaired) electrons. The van der Waals surface area contributed by atoms with Crippen LogP contribution in [0.1, 0.15) is 23.6 Å². The highest BCUT2D eigenvalue weighted by atomic mass is 79.9. The molecule has 1 atom stereocenters. The van der Waals surface area contributed by atoms with E-state index in [2.05, 4.69) is 21.2 Å². The number of nitrogens with one attached hydrogen (secondary N) is 1. The number of halogens is 3. The van der Waals surface area contributed by atoms with Gasteiger partial charge in [-0.2, -0.15) is 0 Å². The number of hydrogen-bond donors (Lipinski definition) is 1. The summed E-state index contributed by atoms with van der Waals surface area (Å²) in [6.07, 6.45) is 0.358. The van der Waals surface area contributed by atoms with Gasteiger partial charge in [0.2, 0.25) is 5.91 Å². The van der Waals surface area contributed by atoms with Gasteiger partial charge in [0.15, 0.2) is 6.61 Å². The zero-order valence-electron chi connectivity index (χ0n) is 19.6. The van der Waals surface area contributed by atoms with E-state index in [-0.39, 0.29) is 25.0 Å². The van der Waals surface area contributed by atoms with E-state index in [0.717, 1.165) is 21.2 Å². The van der Waals surface area contributed by atoms with Crippen LogP contribution in [0.25, 0.3) is 0 Å². The van der Waals surface area contributed by atoms with Gasteiger partial charge in [-0.3, -0.25) is 9.59 Å². The molecule has 0 aliphatic rings. The Labute approximate surface area is 224 Å². The van der Waals surface area contributed by atoms with E-state index in [1.807, 2.05) is 56.3 Å². The second kappa shape index (κ2) is 13.0. The molecule has 2 amide bonds. The van der Waals surface area contributed by atoms with Gasteiger partial charge in [0.25, 0.3) is 5.91 Å². The van der Waals surface area contributed by atoms with Crippen molar-refractivity contribution in [1.82, 2.24) is 10.2 Å². The predicted octanol–water partition coefficient (Wildman–Crippen LogP) is 6.22. The van der Waals surface area contributed by atoms with E-state index in [9.17, 15) is 9.59 Å². The Balaban J connectivity index is 1.91. The summed E-state index contributed by atoms with van der Waals surface area (Å²) in [5.41, 5.74) is 2.70. The summed E-state index contributed by atoms with van der Waals surface area (Å²) in [6.45, 7) is 4.20. The smallest absolute Gasteiger partial charge is 0.261 e. The van der Waals surface area contributed by atoms with E-state index in [4.69, 9.17) is 27.9 Å². The molecule has 0 saturated heterocycles. The fourth-order valence-electron chi connectivity index (χ4n) is 3.62. The number of benzene rings is 3. The number of likely N-dealkylation sites (N-methyl/N-ethyl adjacent to an activating group) is 1. The summed E-state index contributed by atoms with van der Waals surface area (Å²) in [4.78, 5) is 28.2. The highest BCUT2D eigenvalue weighted by Crippen LogP contribution is 2.25. The van der Waals surface area contributed by atoms with Crippen molar-refractivity contribution >= 4 is 50.9 Å². The van der Waals surface area contributed by atoms with Crippen LogP contribution in [-0.4, -0.2) is 35.9 Å². The van der Waals surface area contributed by atoms with Gasteiger partial charge in [0.1, 0.15) is 11.8 Å². The molecule has 5 nitrogen and oxygen atoms in total. The molecular weight excluding hydrogens is 551 g/mol. The first-order valence-corrected chi connectivity index (χ1v) is 12.8. The lowest BCUT2D eigenvalue weighted by Gasteiger charge is -2.31. The van der Waals surface area contributed by atoms with Crippen molar-refractivity contribution in [2.24, 2.45) is 0 Å². The van der Waals surface area contributed by atoms with Crippen LogP contribution in [0, 0.1) is 6.92 Å². The summed E-state index contributed by atoms with van der Waals surface area (Å²) in [5, 5.41) is 3.68. The van der Waals surface area contributed by atoms with E-state index in [1.165, 1.54) is 0 Å². The molecule has 1 N–H and O–H groups in total. The second-order valence-corrected chi connectivity index (χ2v) is 9.74. The lowest BCUT2D eigenvalue weighted by Crippen LogP contribution is -2.51. The molecule has 0 fully saturated rings. The third-order valence-corrected chi connectivity index (χ3v) is 7.08. The average Bonchev–Trinajstić information content (AvgIpc) is 2.84. The number of aryl methyl sites for hydroxylation is 1. The first-order valence-electron chi connectivity index (χ1n) is 11.2. The SMILES string of the molecule is CCNC(=O)[C@@H](Cc1ccccc1)N(Cc1ccc(Cl)c(Cl)c1)C(=O)COc1ccc(Br)c(C)c1. The van der Waals surface area contributed by atoms with Crippen molar-refractivity contribution in [3.63, 3.8) is 0 Å². The van der Waals surface area contributed by atoms with E-state index < -0.39 is 6.04 Å². The summed E-state index contributed by atoms with van der Waals surface area (Å²) >= 11 is 15.8. The minimum absolute atomic E-state index is 0.174. The first-order chi connectivity index (χ1) is 16.8. The quantitative estimate of drug-likeness (QED) is 0.311. The first kappa shape index (κ1) is 27.1. The third kappa shape index (κ3) is 7.72. The molecule has 0 aromatic heterocycles. The van der Waals surface area contributed by atoms with Gasteiger partial charge in [0.05, 0.1) is 10.0 Å². The number of carbonyl (C=O) groups excluding carboxylic acids is 2. The normalized spacial score (nSPS) is 11.6. The topological polar surface area (TPSA) is 58.6 Å². The number of hydrogen-bond acceptors (Lipinski definition) is 3. The van der Waals surface area contributed by atoms with E-state index in [0.29, 0.717) is 28.8 Å².